The molecule has 2 bridgehead atoms. The summed E-state index contributed by atoms with van der Waals surface area (Å²) < 4.78 is 0. The van der Waals surface area contributed by atoms with Gasteiger partial charge in [0, 0.05) is 6.54 Å². The second-order valence-corrected chi connectivity index (χ2v) is 7.11. The first-order valence-corrected chi connectivity index (χ1v) is 8.76. The van der Waals surface area contributed by atoms with Crippen LogP contribution in [0.25, 0.3) is 0 Å². The van der Waals surface area contributed by atoms with Gasteiger partial charge in [0.2, 0.25) is 11.8 Å². The van der Waals surface area contributed by atoms with Crippen molar-refractivity contribution >= 4 is 23.4 Å². The van der Waals surface area contributed by atoms with Gasteiger partial charge < -0.3 is 16.0 Å². The second kappa shape index (κ2) is 6.35. The molecule has 4 rings (SSSR count). The van der Waals surface area contributed by atoms with Crippen LogP contribution in [0.2, 0.25) is 0 Å². The maximum absolute atomic E-state index is 12.3. The van der Waals surface area contributed by atoms with Crippen LogP contribution >= 0.6 is 0 Å². The molecule has 6 heteroatoms. The molecule has 0 aromatic heterocycles. The van der Waals surface area contributed by atoms with Gasteiger partial charge in [-0.15, -0.1) is 0 Å². The lowest BCUT2D eigenvalue weighted by Crippen LogP contribution is -2.45. The molecule has 0 radical (unpaired) electrons. The van der Waals surface area contributed by atoms with Gasteiger partial charge in [-0.2, -0.15) is 0 Å². The molecule has 4 unspecified atom stereocenters. The highest BCUT2D eigenvalue weighted by molar-refractivity contribution is 6.10. The Kier molecular flexibility index (Phi) is 4.03. The van der Waals surface area contributed by atoms with E-state index in [1.54, 1.807) is 24.3 Å². The van der Waals surface area contributed by atoms with Crippen LogP contribution in [-0.4, -0.2) is 30.3 Å². The van der Waals surface area contributed by atoms with E-state index in [4.69, 9.17) is 0 Å². The van der Waals surface area contributed by atoms with Gasteiger partial charge >= 0.3 is 0 Å². The van der Waals surface area contributed by atoms with Crippen LogP contribution in [0.3, 0.4) is 0 Å². The molecule has 3 N–H and O–H groups in total. The quantitative estimate of drug-likeness (QED) is 0.726. The van der Waals surface area contributed by atoms with Gasteiger partial charge in [0.1, 0.15) is 6.04 Å². The van der Waals surface area contributed by atoms with Crippen LogP contribution in [0.4, 0.5) is 5.69 Å². The highest BCUT2D eigenvalue weighted by Gasteiger charge is 2.36. The Hall–Kier alpha value is -2.63. The zero-order valence-corrected chi connectivity index (χ0v) is 13.8. The van der Waals surface area contributed by atoms with Gasteiger partial charge in [-0.1, -0.05) is 24.3 Å². The number of rotatable bonds is 4. The summed E-state index contributed by atoms with van der Waals surface area (Å²) in [5.74, 6) is 0.804. The summed E-state index contributed by atoms with van der Waals surface area (Å²) in [5, 5.41) is 8.29. The lowest BCUT2D eigenvalue weighted by Gasteiger charge is -2.19. The van der Waals surface area contributed by atoms with E-state index in [1.165, 1.54) is 6.42 Å². The summed E-state index contributed by atoms with van der Waals surface area (Å²) in [6, 6.07) is 5.96. The Morgan fingerprint density at radius 1 is 1.16 bits per heavy atom. The fourth-order valence-corrected chi connectivity index (χ4v) is 4.09. The lowest BCUT2D eigenvalue weighted by molar-refractivity contribution is -0.125. The number of fused-ring (bicyclic) bond motifs is 3. The van der Waals surface area contributed by atoms with E-state index in [9.17, 15) is 14.4 Å². The number of allylic oxidation sites excluding steroid dienone is 2. The van der Waals surface area contributed by atoms with Gasteiger partial charge in [0.25, 0.3) is 5.91 Å². The maximum Gasteiger partial charge on any atom is 0.254 e. The van der Waals surface area contributed by atoms with E-state index in [2.05, 4.69) is 28.1 Å². The van der Waals surface area contributed by atoms with Crippen molar-refractivity contribution in [2.45, 2.75) is 25.3 Å². The standard InChI is InChI=1S/C19H21N3O3/c23-17(20-10-13-8-11-5-6-12(13)7-11)9-16-19(25)21-15-4-2-1-3-14(15)18(24)22-16/h1-6,11-13,16H,7-10H2,(H,20,23)(H,21,25)(H,22,24). The minimum absolute atomic E-state index is 0.0534. The van der Waals surface area contributed by atoms with Crippen LogP contribution in [0, 0.1) is 17.8 Å². The monoisotopic (exact) mass is 339 g/mol. The molecule has 3 aliphatic rings. The van der Waals surface area contributed by atoms with Crippen LogP contribution in [-0.2, 0) is 9.59 Å². The molecule has 25 heavy (non-hydrogen) atoms. The summed E-state index contributed by atoms with van der Waals surface area (Å²) in [6.45, 7) is 0.632. The summed E-state index contributed by atoms with van der Waals surface area (Å²) in [6.07, 6.45) is 6.78. The third-order valence-corrected chi connectivity index (χ3v) is 5.42. The third-order valence-electron chi connectivity index (χ3n) is 5.42. The minimum atomic E-state index is -0.861. The molecule has 4 atom stereocenters. The Morgan fingerprint density at radius 3 is 2.76 bits per heavy atom. The van der Waals surface area contributed by atoms with E-state index < -0.39 is 6.04 Å². The van der Waals surface area contributed by atoms with E-state index >= 15 is 0 Å². The van der Waals surface area contributed by atoms with Gasteiger partial charge in [0.05, 0.1) is 17.7 Å². The largest absolute Gasteiger partial charge is 0.356 e. The van der Waals surface area contributed by atoms with Gasteiger partial charge in [-0.05, 0) is 42.7 Å². The molecular formula is C19H21N3O3. The van der Waals surface area contributed by atoms with Crippen molar-refractivity contribution in [1.82, 2.24) is 10.6 Å². The van der Waals surface area contributed by atoms with Crippen molar-refractivity contribution in [3.63, 3.8) is 0 Å². The fourth-order valence-electron chi connectivity index (χ4n) is 4.09. The van der Waals surface area contributed by atoms with Crippen molar-refractivity contribution in [2.75, 3.05) is 11.9 Å². The van der Waals surface area contributed by atoms with Crippen molar-refractivity contribution < 1.29 is 14.4 Å². The number of hydrogen-bond acceptors (Lipinski definition) is 3. The Morgan fingerprint density at radius 2 is 2.00 bits per heavy atom. The molecule has 1 fully saturated rings. The van der Waals surface area contributed by atoms with Crippen LogP contribution in [0.1, 0.15) is 29.6 Å². The van der Waals surface area contributed by atoms with Crippen molar-refractivity contribution in [1.29, 1.82) is 0 Å². The number of amides is 3. The molecular weight excluding hydrogens is 318 g/mol. The van der Waals surface area contributed by atoms with Crippen molar-refractivity contribution in [3.05, 3.63) is 42.0 Å². The highest BCUT2D eigenvalue weighted by atomic mass is 16.2. The molecule has 1 heterocycles. The van der Waals surface area contributed by atoms with E-state index in [0.29, 0.717) is 35.5 Å². The Labute approximate surface area is 146 Å². The number of carbonyl (C=O) groups excluding carboxylic acids is 3. The summed E-state index contributed by atoms with van der Waals surface area (Å²) in [7, 11) is 0. The molecule has 1 aliphatic heterocycles. The first kappa shape index (κ1) is 15.9. The first-order valence-electron chi connectivity index (χ1n) is 8.76. The van der Waals surface area contributed by atoms with E-state index in [1.807, 2.05) is 0 Å². The Bertz CT molecular complexity index is 758. The second-order valence-electron chi connectivity index (χ2n) is 7.11. The number of hydrogen-bond donors (Lipinski definition) is 3. The average molecular weight is 339 g/mol. The fraction of sp³-hybridized carbons (Fsp3) is 0.421. The molecule has 2 aliphatic carbocycles. The van der Waals surface area contributed by atoms with E-state index in [0.717, 1.165) is 6.42 Å². The third kappa shape index (κ3) is 3.16. The number of para-hydroxylation sites is 1. The molecule has 0 saturated heterocycles. The smallest absolute Gasteiger partial charge is 0.254 e. The molecule has 1 saturated carbocycles. The summed E-state index contributed by atoms with van der Waals surface area (Å²) in [4.78, 5) is 36.8. The zero-order chi connectivity index (χ0) is 17.4. The van der Waals surface area contributed by atoms with Gasteiger partial charge in [0.15, 0.2) is 0 Å². The highest BCUT2D eigenvalue weighted by Crippen LogP contribution is 2.42. The first-order chi connectivity index (χ1) is 12.1. The molecule has 0 spiro atoms. The van der Waals surface area contributed by atoms with Crippen LogP contribution in [0.5, 0.6) is 0 Å². The predicted octanol–water partition coefficient (Wildman–Crippen LogP) is 1.46. The summed E-state index contributed by atoms with van der Waals surface area (Å²) in [5.41, 5.74) is 0.884. The van der Waals surface area contributed by atoms with Crippen molar-refractivity contribution in [2.24, 2.45) is 17.8 Å². The zero-order valence-electron chi connectivity index (χ0n) is 13.8. The minimum Gasteiger partial charge on any atom is -0.356 e. The normalized spacial score (nSPS) is 29.6. The average Bonchev–Trinajstić information content (AvgIpc) is 3.20. The van der Waals surface area contributed by atoms with Gasteiger partial charge in [-0.3, -0.25) is 14.4 Å². The van der Waals surface area contributed by atoms with Gasteiger partial charge in [-0.25, -0.2) is 0 Å². The SMILES string of the molecule is O=C(CC1NC(=O)c2ccccc2NC1=O)NCC1CC2C=CC1C2. The molecule has 3 amide bonds. The predicted molar refractivity (Wildman–Crippen MR) is 92.8 cm³/mol. The van der Waals surface area contributed by atoms with Crippen LogP contribution < -0.4 is 16.0 Å². The molecule has 130 valence electrons. The molecule has 6 nitrogen and oxygen atoms in total. The number of nitrogens with one attached hydrogen (secondary N) is 3. The number of benzene rings is 1. The number of carbonyl (C=O) groups is 3. The maximum atomic E-state index is 12.3. The topological polar surface area (TPSA) is 87.3 Å². The lowest BCUT2D eigenvalue weighted by atomic mass is 9.93. The van der Waals surface area contributed by atoms with Crippen LogP contribution in [0.15, 0.2) is 36.4 Å². The van der Waals surface area contributed by atoms with E-state index in [-0.39, 0.29) is 24.1 Å². The Balaban J connectivity index is 1.34. The number of anilines is 1. The summed E-state index contributed by atoms with van der Waals surface area (Å²) >= 11 is 0. The van der Waals surface area contributed by atoms with Crippen molar-refractivity contribution in [3.8, 4) is 0 Å². The molecule has 1 aromatic carbocycles. The molecule has 1 aromatic rings.